The van der Waals surface area contributed by atoms with Gasteiger partial charge in [0.1, 0.15) is 66.5 Å². The molecule has 492 valence electrons. The molecule has 1 aromatic rings. The number of ether oxygens (including phenoxy) is 1. The minimum Gasteiger partial charge on any atom is -0.458 e. The predicted molar refractivity (Wildman–Crippen MR) is 322 cm³/mol. The van der Waals surface area contributed by atoms with Crippen molar-refractivity contribution in [1.82, 2.24) is 63.8 Å². The Labute approximate surface area is 513 Å². The lowest BCUT2D eigenvalue weighted by Crippen LogP contribution is -2.63. The number of likely N-dealkylation sites (N-methyl/N-ethyl adjacent to an activating group) is 1. The van der Waals surface area contributed by atoms with E-state index in [4.69, 9.17) is 16.2 Å². The van der Waals surface area contributed by atoms with E-state index in [2.05, 4.69) is 68.8 Å². The summed E-state index contributed by atoms with van der Waals surface area (Å²) in [4.78, 5) is 170. The number of nitrogens with one attached hydrogen (secondary N) is 12. The van der Waals surface area contributed by atoms with Gasteiger partial charge in [-0.25, -0.2) is 4.79 Å². The van der Waals surface area contributed by atoms with E-state index in [1.165, 1.54) is 13.8 Å². The molecule has 2 aliphatic heterocycles. The van der Waals surface area contributed by atoms with E-state index in [9.17, 15) is 67.7 Å². The smallest absolute Gasteiger partial charge is 0.329 e. The van der Waals surface area contributed by atoms with Gasteiger partial charge in [0.05, 0.1) is 31.8 Å². The summed E-state index contributed by atoms with van der Waals surface area (Å²) in [5.74, 6) is -13.1. The second-order valence-electron chi connectivity index (χ2n) is 22.8. The number of cyclic esters (lactones) is 1. The lowest BCUT2D eigenvalue weighted by Gasteiger charge is -2.31. The van der Waals surface area contributed by atoms with Gasteiger partial charge in [0, 0.05) is 6.42 Å². The number of carbonyl (C=O) groups is 12. The van der Waals surface area contributed by atoms with Crippen molar-refractivity contribution in [2.75, 3.05) is 26.8 Å². The van der Waals surface area contributed by atoms with Crippen molar-refractivity contribution in [3.05, 3.63) is 35.9 Å². The largest absolute Gasteiger partial charge is 0.458 e. The molecule has 2 heterocycles. The molecule has 11 amide bonds. The maximum Gasteiger partial charge on any atom is 0.329 e. The number of benzene rings is 1. The lowest BCUT2D eigenvalue weighted by atomic mass is 9.94. The van der Waals surface area contributed by atoms with Gasteiger partial charge >= 0.3 is 5.97 Å². The Morgan fingerprint density at radius 1 is 0.625 bits per heavy atom. The zero-order chi connectivity index (χ0) is 66.1. The fourth-order valence-electron chi connectivity index (χ4n) is 9.49. The molecule has 0 spiro atoms. The molecule has 2 aliphatic rings. The van der Waals surface area contributed by atoms with Gasteiger partial charge in [-0.05, 0) is 69.4 Å². The van der Waals surface area contributed by atoms with Crippen molar-refractivity contribution in [2.45, 2.75) is 199 Å². The predicted octanol–water partition coefficient (Wildman–Crippen LogP) is -4.26. The summed E-state index contributed by atoms with van der Waals surface area (Å²) in [6, 6.07) is -6.85. The Morgan fingerprint density at radius 3 is 1.59 bits per heavy atom. The van der Waals surface area contributed by atoms with Crippen LogP contribution in [0.3, 0.4) is 0 Å². The van der Waals surface area contributed by atoms with E-state index in [1.54, 1.807) is 62.4 Å². The number of amides is 11. The number of hydrogen-bond donors (Lipinski definition) is 16. The number of aliphatic imine (C=N–C) groups is 1. The molecule has 88 heavy (non-hydrogen) atoms. The van der Waals surface area contributed by atoms with Crippen molar-refractivity contribution >= 4 is 76.9 Å². The summed E-state index contributed by atoms with van der Waals surface area (Å²) in [7, 11) is 1.60. The van der Waals surface area contributed by atoms with Crippen LogP contribution in [0.4, 0.5) is 0 Å². The molecule has 3 rings (SSSR count). The van der Waals surface area contributed by atoms with Crippen LogP contribution in [0.1, 0.15) is 120 Å². The van der Waals surface area contributed by atoms with Gasteiger partial charge in [0.25, 0.3) is 0 Å². The number of aliphatic hydroxyl groups excluding tert-OH is 2. The van der Waals surface area contributed by atoms with E-state index in [0.717, 1.165) is 5.56 Å². The van der Waals surface area contributed by atoms with Gasteiger partial charge in [0.2, 0.25) is 65.0 Å². The van der Waals surface area contributed by atoms with E-state index in [0.29, 0.717) is 19.3 Å². The Bertz CT molecular complexity index is 2610. The third kappa shape index (κ3) is 22.3. The molecule has 1 unspecified atom stereocenters. The standard InChI is InChI=1S/C58H95N15O15/c1-12-28(5)42(70-49(79)37(61-11)23-34-19-17-16-18-20-34)53(83)67-39(26-74)51(81)65-36(21-22-41(59)76)48(78)69-44(30(7)14-3)55(85)71-43(29(6)13-2)54(84)68-40(27-75)52(82)73-46-33(10)88-57(87)45(31(8)15-4)72-50(80)38(24-35-25-62-58(60)64-35)66-47(77)32(9)63-56(46)86/h16-20,28-33,35-40,42-46,61,74-75H,12-15,21-27H2,1-11H3,(H2,59,76)(H,63,86)(H,65,81)(H,66,77)(H,67,83)(H,68,84)(H,69,78)(H,70,79)(H,71,85)(H,72,80)(H,73,82)(H3,60,62,64)/t28-,29-,30-,31+,32-,33-,35?,36+,37+,38-,39-,40-,42-,43-,44+,45-,46+/m0/s1. The summed E-state index contributed by atoms with van der Waals surface area (Å²) in [6.07, 6.45) is -0.755. The van der Waals surface area contributed by atoms with Gasteiger partial charge in [-0.3, -0.25) is 57.7 Å². The second kappa shape index (κ2) is 36.4. The van der Waals surface area contributed by atoms with Crippen molar-refractivity contribution in [2.24, 2.45) is 40.1 Å². The maximum absolute atomic E-state index is 14.4. The highest BCUT2D eigenvalue weighted by Gasteiger charge is 2.41. The molecular weight excluding hydrogens is 1150 g/mol. The number of hydrogen-bond acceptors (Lipinski definition) is 19. The molecule has 0 saturated carbocycles. The average Bonchev–Trinajstić information content (AvgIpc) is 4.08. The van der Waals surface area contributed by atoms with Crippen LogP contribution in [0.5, 0.6) is 0 Å². The molecule has 0 aromatic heterocycles. The van der Waals surface area contributed by atoms with Gasteiger partial charge in [-0.1, -0.05) is 111 Å². The van der Waals surface area contributed by atoms with Gasteiger partial charge < -0.3 is 90.2 Å². The summed E-state index contributed by atoms with van der Waals surface area (Å²) >= 11 is 0. The highest BCUT2D eigenvalue weighted by molar-refractivity contribution is 5.99. The van der Waals surface area contributed by atoms with Crippen molar-refractivity contribution in [3.8, 4) is 0 Å². The first kappa shape index (κ1) is 74.3. The molecule has 1 fully saturated rings. The lowest BCUT2D eigenvalue weighted by molar-refractivity contribution is -0.157. The van der Waals surface area contributed by atoms with Crippen LogP contribution in [0.25, 0.3) is 0 Å². The molecule has 1 aromatic carbocycles. The molecular formula is C58H95N15O15. The Balaban J connectivity index is 1.85. The normalized spacial score (nSPS) is 22.7. The first-order chi connectivity index (χ1) is 41.6. The molecule has 0 radical (unpaired) electrons. The SMILES string of the molecule is CC[C@@H](C)[C@@H]1NC(=O)[C@H](CC2CN=C(N)N2)NC(=O)[C@H](C)NC(=O)[C@H](NC(=O)[C@H](CO)NC(=O)[C@@H](NC(=O)[C@H](NC(=O)[C@@H](CCC(N)=O)NC(=O)[C@H](CO)NC(=O)[C@@H](NC(=O)[C@@H](Cc2ccccc2)NC)[C@@H](C)CC)[C@@H](C)CC)[C@@H](C)CC)[C@H](C)OC1=O. The van der Waals surface area contributed by atoms with E-state index >= 15 is 0 Å². The van der Waals surface area contributed by atoms with Crippen LogP contribution in [0.2, 0.25) is 0 Å². The minimum absolute atomic E-state index is 0.0104. The fraction of sp³-hybridized carbons (Fsp3) is 0.672. The minimum atomic E-state index is -1.82. The number of nitrogens with two attached hydrogens (primary N) is 2. The van der Waals surface area contributed by atoms with Gasteiger partial charge in [-0.2, -0.15) is 0 Å². The van der Waals surface area contributed by atoms with Crippen molar-refractivity contribution < 1.29 is 72.5 Å². The number of primary amides is 1. The van der Waals surface area contributed by atoms with Gasteiger partial charge in [-0.15, -0.1) is 0 Å². The van der Waals surface area contributed by atoms with Crippen LogP contribution in [-0.4, -0.2) is 193 Å². The molecule has 0 bridgehead atoms. The highest BCUT2D eigenvalue weighted by atomic mass is 16.5. The fourth-order valence-corrected chi connectivity index (χ4v) is 9.49. The molecule has 1 saturated heterocycles. The molecule has 0 aliphatic carbocycles. The van der Waals surface area contributed by atoms with E-state index < -0.39 is 199 Å². The number of carbonyl (C=O) groups excluding carboxylic acids is 12. The molecule has 30 nitrogen and oxygen atoms in total. The van der Waals surface area contributed by atoms with Crippen molar-refractivity contribution in [3.63, 3.8) is 0 Å². The topological polar surface area (TPSA) is 463 Å². The first-order valence-corrected chi connectivity index (χ1v) is 30.1. The van der Waals surface area contributed by atoms with E-state index in [-0.39, 0.29) is 31.8 Å². The monoisotopic (exact) mass is 1240 g/mol. The highest BCUT2D eigenvalue weighted by Crippen LogP contribution is 2.18. The number of rotatable bonds is 32. The van der Waals surface area contributed by atoms with Crippen LogP contribution >= 0.6 is 0 Å². The third-order valence-electron chi connectivity index (χ3n) is 16.1. The summed E-state index contributed by atoms with van der Waals surface area (Å²) < 4.78 is 5.73. The Kier molecular flexibility index (Phi) is 30.7. The number of nitrogens with zero attached hydrogens (tertiary/aromatic N) is 1. The first-order valence-electron chi connectivity index (χ1n) is 30.1. The number of aliphatic hydroxyl groups is 2. The summed E-state index contributed by atoms with van der Waals surface area (Å²) in [5, 5.41) is 52.3. The summed E-state index contributed by atoms with van der Waals surface area (Å²) in [6.45, 7) is 14.3. The second-order valence-corrected chi connectivity index (χ2v) is 22.8. The number of esters is 1. The van der Waals surface area contributed by atoms with Crippen LogP contribution < -0.4 is 75.3 Å². The molecule has 18 N–H and O–H groups in total. The average molecular weight is 1240 g/mol. The van der Waals surface area contributed by atoms with Crippen LogP contribution in [-0.2, 0) is 68.7 Å². The number of guanidine groups is 1. The quantitative estimate of drug-likeness (QED) is 0.0304. The Morgan fingerprint density at radius 2 is 1.11 bits per heavy atom. The summed E-state index contributed by atoms with van der Waals surface area (Å²) in [5.41, 5.74) is 12.1. The molecule has 17 atom stereocenters. The third-order valence-corrected chi connectivity index (χ3v) is 16.1. The zero-order valence-corrected chi connectivity index (χ0v) is 52.3. The molecule has 30 heteroatoms. The van der Waals surface area contributed by atoms with Crippen LogP contribution in [0, 0.1) is 23.7 Å². The van der Waals surface area contributed by atoms with Crippen LogP contribution in [0.15, 0.2) is 35.3 Å². The van der Waals surface area contributed by atoms with E-state index in [1.807, 2.05) is 30.3 Å². The Hall–Kier alpha value is -7.99. The zero-order valence-electron chi connectivity index (χ0n) is 52.3. The maximum atomic E-state index is 14.4. The van der Waals surface area contributed by atoms with Gasteiger partial charge in [0.15, 0.2) is 5.96 Å². The van der Waals surface area contributed by atoms with Crippen molar-refractivity contribution in [1.29, 1.82) is 0 Å².